The Morgan fingerprint density at radius 2 is 2.13 bits per heavy atom. The Labute approximate surface area is 90.3 Å². The Morgan fingerprint density at radius 3 is 2.80 bits per heavy atom. The van der Waals surface area contributed by atoms with E-state index >= 15 is 0 Å². The average molecular weight is 204 g/mol. The lowest BCUT2D eigenvalue weighted by Gasteiger charge is -2.03. The van der Waals surface area contributed by atoms with E-state index in [4.69, 9.17) is 4.74 Å². The van der Waals surface area contributed by atoms with E-state index in [0.717, 1.165) is 25.7 Å². The van der Waals surface area contributed by atoms with Crippen LogP contribution in [0.15, 0.2) is 30.3 Å². The van der Waals surface area contributed by atoms with Crippen LogP contribution in [0.3, 0.4) is 0 Å². The highest BCUT2D eigenvalue weighted by atomic mass is 16.5. The lowest BCUT2D eigenvalue weighted by molar-refractivity contribution is -0.109. The predicted molar refractivity (Wildman–Crippen MR) is 58.4 cm³/mol. The highest BCUT2D eigenvalue weighted by Crippen LogP contribution is 2.39. The first-order chi connectivity index (χ1) is 7.40. The molecule has 2 heteroatoms. The second-order valence-electron chi connectivity index (χ2n) is 4.12. The summed E-state index contributed by atoms with van der Waals surface area (Å²) < 4.78 is 5.55. The molecule has 1 aromatic rings. The quantitative estimate of drug-likeness (QED) is 0.525. The summed E-state index contributed by atoms with van der Waals surface area (Å²) in [6, 6.07) is 10.2. The number of rotatable bonds is 6. The van der Waals surface area contributed by atoms with Gasteiger partial charge in [-0.15, -0.1) is 0 Å². The van der Waals surface area contributed by atoms with Crippen LogP contribution >= 0.6 is 0 Å². The molecule has 1 aliphatic carbocycles. The van der Waals surface area contributed by atoms with Crippen LogP contribution in [0, 0.1) is 11.8 Å². The number of benzene rings is 1. The van der Waals surface area contributed by atoms with Crippen molar-refractivity contribution in [2.24, 2.45) is 11.8 Å². The molecule has 0 amide bonds. The van der Waals surface area contributed by atoms with Crippen LogP contribution in [-0.4, -0.2) is 12.9 Å². The standard InChI is InChI=1S/C13H16O2/c14-9-13-8-12(13)6-7-15-10-11-4-2-1-3-5-11/h1-5,9,12-13H,6-8,10H2/t12-,13+/m1/s1. The monoisotopic (exact) mass is 204 g/mol. The summed E-state index contributed by atoms with van der Waals surface area (Å²) in [5.41, 5.74) is 1.21. The van der Waals surface area contributed by atoms with Crippen molar-refractivity contribution in [1.29, 1.82) is 0 Å². The average Bonchev–Trinajstić information content (AvgIpc) is 3.05. The molecule has 2 nitrogen and oxygen atoms in total. The smallest absolute Gasteiger partial charge is 0.123 e. The molecule has 1 fully saturated rings. The van der Waals surface area contributed by atoms with Crippen molar-refractivity contribution in [2.45, 2.75) is 19.4 Å². The van der Waals surface area contributed by atoms with Crippen molar-refractivity contribution in [1.82, 2.24) is 0 Å². The summed E-state index contributed by atoms with van der Waals surface area (Å²) in [6.45, 7) is 1.45. The van der Waals surface area contributed by atoms with Crippen molar-refractivity contribution >= 4 is 6.29 Å². The Kier molecular flexibility index (Phi) is 3.51. The van der Waals surface area contributed by atoms with Crippen molar-refractivity contribution in [2.75, 3.05) is 6.61 Å². The fourth-order valence-corrected chi connectivity index (χ4v) is 1.77. The molecule has 80 valence electrons. The molecule has 1 aliphatic rings. The second kappa shape index (κ2) is 5.08. The van der Waals surface area contributed by atoms with Gasteiger partial charge in [-0.25, -0.2) is 0 Å². The maximum atomic E-state index is 10.4. The van der Waals surface area contributed by atoms with Gasteiger partial charge in [-0.2, -0.15) is 0 Å². The summed E-state index contributed by atoms with van der Waals surface area (Å²) in [5.74, 6) is 0.920. The van der Waals surface area contributed by atoms with Gasteiger partial charge in [0, 0.05) is 12.5 Å². The normalized spacial score (nSPS) is 23.7. The molecule has 2 rings (SSSR count). The van der Waals surface area contributed by atoms with Crippen LogP contribution in [0.4, 0.5) is 0 Å². The van der Waals surface area contributed by atoms with Gasteiger partial charge in [-0.1, -0.05) is 30.3 Å². The minimum Gasteiger partial charge on any atom is -0.377 e. The van der Waals surface area contributed by atoms with Gasteiger partial charge in [0.15, 0.2) is 0 Å². The topological polar surface area (TPSA) is 26.3 Å². The third-order valence-corrected chi connectivity index (χ3v) is 2.90. The predicted octanol–water partition coefficient (Wildman–Crippen LogP) is 2.43. The van der Waals surface area contributed by atoms with Crippen molar-refractivity contribution in [3.05, 3.63) is 35.9 Å². The first-order valence-electron chi connectivity index (χ1n) is 5.47. The van der Waals surface area contributed by atoms with Crippen LogP contribution in [0.5, 0.6) is 0 Å². The molecule has 0 bridgehead atoms. The fourth-order valence-electron chi connectivity index (χ4n) is 1.77. The summed E-state index contributed by atoms with van der Waals surface area (Å²) in [7, 11) is 0. The summed E-state index contributed by atoms with van der Waals surface area (Å²) in [5, 5.41) is 0. The molecule has 0 spiro atoms. The molecule has 0 heterocycles. The van der Waals surface area contributed by atoms with E-state index in [9.17, 15) is 4.79 Å². The molecular formula is C13H16O2. The van der Waals surface area contributed by atoms with E-state index < -0.39 is 0 Å². The van der Waals surface area contributed by atoms with E-state index in [-0.39, 0.29) is 0 Å². The molecule has 0 aromatic heterocycles. The SMILES string of the molecule is O=C[C@@H]1C[C@H]1CCOCc1ccccc1. The number of hydrogen-bond donors (Lipinski definition) is 0. The third kappa shape index (κ3) is 3.17. The molecule has 0 saturated heterocycles. The number of carbonyl (C=O) groups is 1. The van der Waals surface area contributed by atoms with Crippen LogP contribution in [0.2, 0.25) is 0 Å². The summed E-state index contributed by atoms with van der Waals surface area (Å²) in [6.07, 6.45) is 3.16. The van der Waals surface area contributed by atoms with Crippen molar-refractivity contribution in [3.8, 4) is 0 Å². The Balaban J connectivity index is 1.58. The van der Waals surface area contributed by atoms with Crippen LogP contribution < -0.4 is 0 Å². The van der Waals surface area contributed by atoms with Gasteiger partial charge in [0.2, 0.25) is 0 Å². The summed E-state index contributed by atoms with van der Waals surface area (Å²) >= 11 is 0. The van der Waals surface area contributed by atoms with E-state index in [1.165, 1.54) is 5.56 Å². The maximum absolute atomic E-state index is 10.4. The Morgan fingerprint density at radius 1 is 1.33 bits per heavy atom. The van der Waals surface area contributed by atoms with Gasteiger partial charge in [0.1, 0.15) is 6.29 Å². The van der Waals surface area contributed by atoms with Gasteiger partial charge in [0.05, 0.1) is 6.61 Å². The highest BCUT2D eigenvalue weighted by Gasteiger charge is 2.35. The molecule has 0 aliphatic heterocycles. The van der Waals surface area contributed by atoms with E-state index in [2.05, 4.69) is 12.1 Å². The number of ether oxygens (including phenoxy) is 1. The Hall–Kier alpha value is -1.15. The zero-order chi connectivity index (χ0) is 10.5. The molecule has 1 aromatic carbocycles. The first kappa shape index (κ1) is 10.4. The molecule has 0 N–H and O–H groups in total. The van der Waals surface area contributed by atoms with E-state index in [1.54, 1.807) is 0 Å². The Bertz CT molecular complexity index is 308. The van der Waals surface area contributed by atoms with Gasteiger partial charge in [0.25, 0.3) is 0 Å². The zero-order valence-corrected chi connectivity index (χ0v) is 8.76. The maximum Gasteiger partial charge on any atom is 0.123 e. The zero-order valence-electron chi connectivity index (χ0n) is 8.76. The lowest BCUT2D eigenvalue weighted by atomic mass is 10.2. The van der Waals surface area contributed by atoms with Crippen LogP contribution in [0.25, 0.3) is 0 Å². The largest absolute Gasteiger partial charge is 0.377 e. The van der Waals surface area contributed by atoms with Gasteiger partial charge < -0.3 is 9.53 Å². The van der Waals surface area contributed by atoms with Gasteiger partial charge in [-0.05, 0) is 24.3 Å². The summed E-state index contributed by atoms with van der Waals surface area (Å²) in [4.78, 5) is 10.4. The molecule has 0 radical (unpaired) electrons. The third-order valence-electron chi connectivity index (χ3n) is 2.90. The molecule has 2 atom stereocenters. The number of hydrogen-bond acceptors (Lipinski definition) is 2. The lowest BCUT2D eigenvalue weighted by Crippen LogP contribution is -1.97. The highest BCUT2D eigenvalue weighted by molar-refractivity contribution is 5.58. The minimum atomic E-state index is 0.324. The molecule has 15 heavy (non-hydrogen) atoms. The molecular weight excluding hydrogens is 188 g/mol. The van der Waals surface area contributed by atoms with Crippen LogP contribution in [0.1, 0.15) is 18.4 Å². The van der Waals surface area contributed by atoms with E-state index in [1.807, 2.05) is 18.2 Å². The van der Waals surface area contributed by atoms with E-state index in [0.29, 0.717) is 18.4 Å². The van der Waals surface area contributed by atoms with Gasteiger partial charge >= 0.3 is 0 Å². The number of carbonyl (C=O) groups excluding carboxylic acids is 1. The molecule has 0 unspecified atom stereocenters. The van der Waals surface area contributed by atoms with Gasteiger partial charge in [-0.3, -0.25) is 0 Å². The van der Waals surface area contributed by atoms with Crippen molar-refractivity contribution < 1.29 is 9.53 Å². The van der Waals surface area contributed by atoms with Crippen molar-refractivity contribution in [3.63, 3.8) is 0 Å². The number of aldehydes is 1. The minimum absolute atomic E-state index is 0.324. The van der Waals surface area contributed by atoms with Crippen LogP contribution in [-0.2, 0) is 16.1 Å². The second-order valence-corrected chi connectivity index (χ2v) is 4.12. The molecule has 1 saturated carbocycles. The first-order valence-corrected chi connectivity index (χ1v) is 5.47. The fraction of sp³-hybridized carbons (Fsp3) is 0.462.